The first-order valence-electron chi connectivity index (χ1n) is 6.29. The summed E-state index contributed by atoms with van der Waals surface area (Å²) in [4.78, 5) is 20.1. The number of benzene rings is 1. The van der Waals surface area contributed by atoms with Gasteiger partial charge in [-0.3, -0.25) is 14.5 Å². The second-order valence-corrected chi connectivity index (χ2v) is 4.33. The molecule has 0 aliphatic carbocycles. The van der Waals surface area contributed by atoms with Crippen LogP contribution in [0, 0.1) is 0 Å². The van der Waals surface area contributed by atoms with Gasteiger partial charge in [-0.15, -0.1) is 0 Å². The number of carbonyl (C=O) groups is 1. The van der Waals surface area contributed by atoms with Crippen LogP contribution in [-0.2, 0) is 11.3 Å². The molecule has 6 heteroatoms. The summed E-state index contributed by atoms with van der Waals surface area (Å²) in [6.45, 7) is 0.509. The predicted molar refractivity (Wildman–Crippen MR) is 75.0 cm³/mol. The Bertz CT molecular complexity index is 718. The lowest BCUT2D eigenvalue weighted by atomic mass is 10.2. The fraction of sp³-hybridized carbons (Fsp3) is 0.143. The van der Waals surface area contributed by atoms with Crippen molar-refractivity contribution in [2.75, 3.05) is 5.32 Å². The van der Waals surface area contributed by atoms with Crippen LogP contribution in [-0.4, -0.2) is 25.7 Å². The second-order valence-electron chi connectivity index (χ2n) is 4.33. The first-order chi connectivity index (χ1) is 9.83. The molecule has 3 aromatic rings. The highest BCUT2D eigenvalue weighted by Gasteiger charge is 2.06. The van der Waals surface area contributed by atoms with Gasteiger partial charge in [0.1, 0.15) is 12.7 Å². The van der Waals surface area contributed by atoms with E-state index in [9.17, 15) is 4.79 Å². The number of rotatable bonds is 4. The van der Waals surface area contributed by atoms with Crippen molar-refractivity contribution in [2.24, 2.45) is 0 Å². The zero-order valence-electron chi connectivity index (χ0n) is 10.7. The van der Waals surface area contributed by atoms with Crippen LogP contribution in [0.5, 0.6) is 0 Å². The van der Waals surface area contributed by atoms with Crippen LogP contribution in [0.15, 0.2) is 49.2 Å². The van der Waals surface area contributed by atoms with E-state index >= 15 is 0 Å². The second kappa shape index (κ2) is 5.48. The van der Waals surface area contributed by atoms with Gasteiger partial charge in [-0.1, -0.05) is 6.07 Å². The topological polar surface area (TPSA) is 72.7 Å². The zero-order chi connectivity index (χ0) is 13.8. The van der Waals surface area contributed by atoms with Crippen molar-refractivity contribution in [1.29, 1.82) is 0 Å². The molecule has 2 aromatic heterocycles. The zero-order valence-corrected chi connectivity index (χ0v) is 10.7. The largest absolute Gasteiger partial charge is 0.325 e. The summed E-state index contributed by atoms with van der Waals surface area (Å²) in [6, 6.07) is 9.46. The predicted octanol–water partition coefficient (Wildman–Crippen LogP) is 1.86. The molecule has 0 saturated heterocycles. The smallest absolute Gasteiger partial charge is 0.226 e. The van der Waals surface area contributed by atoms with Crippen LogP contribution in [0.4, 0.5) is 5.69 Å². The molecule has 0 radical (unpaired) electrons. The maximum absolute atomic E-state index is 12.0. The maximum atomic E-state index is 12.0. The SMILES string of the molecule is O=C(CCn1cncn1)Nc1cccc2ncccc12. The Balaban J connectivity index is 1.71. The number of aryl methyl sites for hydroxylation is 1. The maximum Gasteiger partial charge on any atom is 0.226 e. The number of hydrogen-bond acceptors (Lipinski definition) is 4. The Kier molecular flexibility index (Phi) is 3.36. The van der Waals surface area contributed by atoms with E-state index in [0.29, 0.717) is 13.0 Å². The van der Waals surface area contributed by atoms with E-state index < -0.39 is 0 Å². The van der Waals surface area contributed by atoms with Crippen molar-refractivity contribution in [3.8, 4) is 0 Å². The third-order valence-electron chi connectivity index (χ3n) is 2.95. The lowest BCUT2D eigenvalue weighted by Crippen LogP contribution is -2.15. The Morgan fingerprint density at radius 1 is 1.25 bits per heavy atom. The van der Waals surface area contributed by atoms with Crippen molar-refractivity contribution in [3.63, 3.8) is 0 Å². The summed E-state index contributed by atoms with van der Waals surface area (Å²) < 4.78 is 1.63. The van der Waals surface area contributed by atoms with E-state index in [0.717, 1.165) is 16.6 Å². The third kappa shape index (κ3) is 2.64. The molecular formula is C14H13N5O. The number of aromatic nitrogens is 4. The van der Waals surface area contributed by atoms with E-state index in [1.807, 2.05) is 30.3 Å². The molecule has 0 atom stereocenters. The lowest BCUT2D eigenvalue weighted by molar-refractivity contribution is -0.116. The van der Waals surface area contributed by atoms with Gasteiger partial charge < -0.3 is 5.32 Å². The number of fused-ring (bicyclic) bond motifs is 1. The minimum absolute atomic E-state index is 0.0585. The van der Waals surface area contributed by atoms with Gasteiger partial charge in [0.2, 0.25) is 5.91 Å². The van der Waals surface area contributed by atoms with Crippen LogP contribution < -0.4 is 5.32 Å². The van der Waals surface area contributed by atoms with Gasteiger partial charge in [0.15, 0.2) is 0 Å². The van der Waals surface area contributed by atoms with Crippen LogP contribution in [0.2, 0.25) is 0 Å². The molecule has 3 rings (SSSR count). The summed E-state index contributed by atoms with van der Waals surface area (Å²) in [5.41, 5.74) is 1.64. The molecule has 1 amide bonds. The quantitative estimate of drug-likeness (QED) is 0.783. The summed E-state index contributed by atoms with van der Waals surface area (Å²) in [5, 5.41) is 7.80. The highest BCUT2D eigenvalue weighted by atomic mass is 16.1. The molecule has 1 aromatic carbocycles. The van der Waals surface area contributed by atoms with E-state index in [2.05, 4.69) is 20.4 Å². The van der Waals surface area contributed by atoms with Gasteiger partial charge in [0.05, 0.1) is 17.7 Å². The van der Waals surface area contributed by atoms with Gasteiger partial charge in [0, 0.05) is 18.0 Å². The van der Waals surface area contributed by atoms with E-state index in [-0.39, 0.29) is 5.91 Å². The van der Waals surface area contributed by atoms with Gasteiger partial charge in [-0.05, 0) is 24.3 Å². The molecule has 0 bridgehead atoms. The van der Waals surface area contributed by atoms with Gasteiger partial charge in [0.25, 0.3) is 0 Å². The average Bonchev–Trinajstić information content (AvgIpc) is 2.99. The third-order valence-corrected chi connectivity index (χ3v) is 2.95. The van der Waals surface area contributed by atoms with E-state index in [4.69, 9.17) is 0 Å². The van der Waals surface area contributed by atoms with Crippen molar-refractivity contribution in [2.45, 2.75) is 13.0 Å². The number of amides is 1. The molecule has 6 nitrogen and oxygen atoms in total. The summed E-state index contributed by atoms with van der Waals surface area (Å²) in [5.74, 6) is -0.0585. The van der Waals surface area contributed by atoms with E-state index in [1.165, 1.54) is 6.33 Å². The molecule has 20 heavy (non-hydrogen) atoms. The van der Waals surface area contributed by atoms with Crippen LogP contribution in [0.3, 0.4) is 0 Å². The molecule has 0 spiro atoms. The van der Waals surface area contributed by atoms with Gasteiger partial charge in [-0.2, -0.15) is 5.10 Å². The molecule has 0 unspecified atom stereocenters. The molecule has 0 fully saturated rings. The summed E-state index contributed by atoms with van der Waals surface area (Å²) in [6.07, 6.45) is 5.13. The van der Waals surface area contributed by atoms with Crippen LogP contribution >= 0.6 is 0 Å². The Morgan fingerprint density at radius 3 is 3.05 bits per heavy atom. The van der Waals surface area contributed by atoms with Crippen molar-refractivity contribution in [1.82, 2.24) is 19.7 Å². The molecule has 100 valence electrons. The first-order valence-corrected chi connectivity index (χ1v) is 6.29. The fourth-order valence-corrected chi connectivity index (χ4v) is 1.99. The number of pyridine rings is 1. The highest BCUT2D eigenvalue weighted by Crippen LogP contribution is 2.21. The standard InChI is InChI=1S/C14H13N5O/c20-14(6-8-19-10-15-9-17-19)18-13-5-1-4-12-11(13)3-2-7-16-12/h1-5,7,9-10H,6,8H2,(H,18,20). The molecule has 0 aliphatic rings. The normalized spacial score (nSPS) is 10.6. The first kappa shape index (κ1) is 12.3. The minimum atomic E-state index is -0.0585. The number of nitrogens with one attached hydrogen (secondary N) is 1. The Morgan fingerprint density at radius 2 is 2.20 bits per heavy atom. The Hall–Kier alpha value is -2.76. The lowest BCUT2D eigenvalue weighted by Gasteiger charge is -2.08. The highest BCUT2D eigenvalue weighted by molar-refractivity contribution is 6.00. The van der Waals surface area contributed by atoms with Crippen LogP contribution in [0.25, 0.3) is 10.9 Å². The molecule has 0 saturated carbocycles. The van der Waals surface area contributed by atoms with Gasteiger partial charge in [-0.25, -0.2) is 4.98 Å². The van der Waals surface area contributed by atoms with Crippen LogP contribution in [0.1, 0.15) is 6.42 Å². The van der Waals surface area contributed by atoms with Crippen molar-refractivity contribution in [3.05, 3.63) is 49.2 Å². The molecule has 0 aliphatic heterocycles. The van der Waals surface area contributed by atoms with Crippen molar-refractivity contribution < 1.29 is 4.79 Å². The molecular weight excluding hydrogens is 254 g/mol. The molecule has 2 heterocycles. The number of nitrogens with zero attached hydrogens (tertiary/aromatic N) is 4. The fourth-order valence-electron chi connectivity index (χ4n) is 1.99. The molecule has 1 N–H and O–H groups in total. The summed E-state index contributed by atoms with van der Waals surface area (Å²) >= 11 is 0. The van der Waals surface area contributed by atoms with Crippen molar-refractivity contribution >= 4 is 22.5 Å². The van der Waals surface area contributed by atoms with E-state index in [1.54, 1.807) is 17.2 Å². The average molecular weight is 267 g/mol. The number of anilines is 1. The van der Waals surface area contributed by atoms with Gasteiger partial charge >= 0.3 is 0 Å². The minimum Gasteiger partial charge on any atom is -0.325 e. The Labute approximate surface area is 115 Å². The number of carbonyl (C=O) groups excluding carboxylic acids is 1. The summed E-state index contributed by atoms with van der Waals surface area (Å²) in [7, 11) is 0. The number of hydrogen-bond donors (Lipinski definition) is 1. The monoisotopic (exact) mass is 267 g/mol.